The minimum absolute atomic E-state index is 0.0875. The molecule has 29 heavy (non-hydrogen) atoms. The number of hydrogen-bond donors (Lipinski definition) is 2. The number of amides is 1. The first-order valence-corrected chi connectivity index (χ1v) is 10.7. The van der Waals surface area contributed by atoms with Gasteiger partial charge in [0.1, 0.15) is 0 Å². The van der Waals surface area contributed by atoms with Crippen LogP contribution in [0.2, 0.25) is 0 Å². The quantitative estimate of drug-likeness (QED) is 0.633. The lowest BCUT2D eigenvalue weighted by molar-refractivity contribution is -0.116. The number of para-hydroxylation sites is 3. The van der Waals surface area contributed by atoms with Crippen molar-refractivity contribution in [1.82, 2.24) is 9.88 Å². The molecule has 0 aliphatic carbocycles. The summed E-state index contributed by atoms with van der Waals surface area (Å²) >= 11 is 0. The Morgan fingerprint density at radius 2 is 1.79 bits per heavy atom. The Hall–Kier alpha value is -2.79. The standard InChI is InChI=1S/C24H30N4O/c1-2-27-14-16-28(17-15-27)23-12-6-5-11-22(23)26-24(29)13-7-8-19-18-25-21-10-4-3-9-20(19)21/h3-6,9-12,18,25H,2,7-8,13-17H2,1H3,(H,26,29). The summed E-state index contributed by atoms with van der Waals surface area (Å²) in [7, 11) is 0. The minimum Gasteiger partial charge on any atom is -0.367 e. The van der Waals surface area contributed by atoms with Crippen LogP contribution in [0.3, 0.4) is 0 Å². The van der Waals surface area contributed by atoms with Crippen LogP contribution >= 0.6 is 0 Å². The Bertz CT molecular complexity index is 956. The average molecular weight is 391 g/mol. The molecule has 0 radical (unpaired) electrons. The largest absolute Gasteiger partial charge is 0.367 e. The third-order valence-corrected chi connectivity index (χ3v) is 5.86. The normalized spacial score (nSPS) is 15.0. The number of rotatable bonds is 7. The van der Waals surface area contributed by atoms with E-state index in [0.29, 0.717) is 6.42 Å². The molecule has 1 fully saturated rings. The van der Waals surface area contributed by atoms with Crippen molar-refractivity contribution in [2.24, 2.45) is 0 Å². The van der Waals surface area contributed by atoms with E-state index >= 15 is 0 Å². The lowest BCUT2D eigenvalue weighted by atomic mass is 10.1. The summed E-state index contributed by atoms with van der Waals surface area (Å²) in [4.78, 5) is 20.7. The van der Waals surface area contributed by atoms with Crippen LogP contribution in [0.25, 0.3) is 10.9 Å². The van der Waals surface area contributed by atoms with E-state index in [1.54, 1.807) is 0 Å². The van der Waals surface area contributed by atoms with E-state index in [1.807, 2.05) is 24.3 Å². The van der Waals surface area contributed by atoms with Gasteiger partial charge in [-0.1, -0.05) is 37.3 Å². The molecular weight excluding hydrogens is 360 g/mol. The van der Waals surface area contributed by atoms with Gasteiger partial charge in [-0.15, -0.1) is 0 Å². The lowest BCUT2D eigenvalue weighted by Gasteiger charge is -2.36. The first-order valence-electron chi connectivity index (χ1n) is 10.7. The Morgan fingerprint density at radius 1 is 1.03 bits per heavy atom. The van der Waals surface area contributed by atoms with Crippen molar-refractivity contribution < 1.29 is 4.79 Å². The van der Waals surface area contributed by atoms with E-state index in [2.05, 4.69) is 57.5 Å². The number of nitrogens with zero attached hydrogens (tertiary/aromatic N) is 2. The number of carbonyl (C=O) groups excluding carboxylic acids is 1. The number of benzene rings is 2. The van der Waals surface area contributed by atoms with Crippen molar-refractivity contribution in [3.63, 3.8) is 0 Å². The number of fused-ring (bicyclic) bond motifs is 1. The predicted molar refractivity (Wildman–Crippen MR) is 121 cm³/mol. The number of anilines is 2. The van der Waals surface area contributed by atoms with Gasteiger partial charge in [-0.25, -0.2) is 0 Å². The molecule has 1 aliphatic rings. The Balaban J connectivity index is 1.33. The zero-order valence-electron chi connectivity index (χ0n) is 17.2. The first kappa shape index (κ1) is 19.5. The SMILES string of the molecule is CCN1CCN(c2ccccc2NC(=O)CCCc2c[nH]c3ccccc23)CC1. The topological polar surface area (TPSA) is 51.4 Å². The number of piperazine rings is 1. The van der Waals surface area contributed by atoms with Gasteiger partial charge >= 0.3 is 0 Å². The lowest BCUT2D eigenvalue weighted by Crippen LogP contribution is -2.46. The molecule has 1 saturated heterocycles. The fourth-order valence-electron chi connectivity index (χ4n) is 4.15. The van der Waals surface area contributed by atoms with Crippen LogP contribution < -0.4 is 10.2 Å². The summed E-state index contributed by atoms with van der Waals surface area (Å²) in [5.74, 6) is 0.0875. The zero-order valence-corrected chi connectivity index (χ0v) is 17.2. The van der Waals surface area contributed by atoms with E-state index < -0.39 is 0 Å². The number of aromatic nitrogens is 1. The van der Waals surface area contributed by atoms with E-state index in [-0.39, 0.29) is 5.91 Å². The number of carbonyl (C=O) groups is 1. The Morgan fingerprint density at radius 3 is 2.62 bits per heavy atom. The van der Waals surface area contributed by atoms with Crippen molar-refractivity contribution in [3.8, 4) is 0 Å². The first-order chi connectivity index (χ1) is 14.2. The summed E-state index contributed by atoms with van der Waals surface area (Å²) in [6, 6.07) is 16.5. The molecule has 152 valence electrons. The number of nitrogens with one attached hydrogen (secondary N) is 2. The second-order valence-corrected chi connectivity index (χ2v) is 7.70. The maximum atomic E-state index is 12.6. The summed E-state index contributed by atoms with van der Waals surface area (Å²) in [5.41, 5.74) is 4.49. The van der Waals surface area contributed by atoms with Gasteiger partial charge in [-0.05, 0) is 43.1 Å². The molecule has 3 aromatic rings. The van der Waals surface area contributed by atoms with Gasteiger partial charge in [0.15, 0.2) is 0 Å². The van der Waals surface area contributed by atoms with Crippen LogP contribution in [0.5, 0.6) is 0 Å². The molecule has 5 heteroatoms. The molecule has 4 rings (SSSR count). The predicted octanol–water partition coefficient (Wildman–Crippen LogP) is 4.27. The summed E-state index contributed by atoms with van der Waals surface area (Å²) < 4.78 is 0. The van der Waals surface area contributed by atoms with Gasteiger partial charge in [-0.2, -0.15) is 0 Å². The molecule has 1 amide bonds. The highest BCUT2D eigenvalue weighted by atomic mass is 16.1. The third kappa shape index (κ3) is 4.62. The van der Waals surface area contributed by atoms with Crippen LogP contribution in [0, 0.1) is 0 Å². The Kier molecular flexibility index (Phi) is 6.15. The molecule has 5 nitrogen and oxygen atoms in total. The van der Waals surface area contributed by atoms with Crippen LogP contribution in [-0.2, 0) is 11.2 Å². The van der Waals surface area contributed by atoms with Crippen LogP contribution in [0.15, 0.2) is 54.7 Å². The molecule has 0 saturated carbocycles. The molecular formula is C24H30N4O. The maximum Gasteiger partial charge on any atom is 0.224 e. The smallest absolute Gasteiger partial charge is 0.224 e. The summed E-state index contributed by atoms with van der Waals surface area (Å²) in [6.07, 6.45) is 4.33. The molecule has 2 aromatic carbocycles. The average Bonchev–Trinajstić information content (AvgIpc) is 3.17. The Labute approximate surface area is 172 Å². The van der Waals surface area contributed by atoms with Crippen LogP contribution in [0.1, 0.15) is 25.3 Å². The molecule has 0 atom stereocenters. The highest BCUT2D eigenvalue weighted by Crippen LogP contribution is 2.27. The fraction of sp³-hybridized carbons (Fsp3) is 0.375. The van der Waals surface area contributed by atoms with Crippen LogP contribution in [-0.4, -0.2) is 48.5 Å². The van der Waals surface area contributed by atoms with E-state index in [1.165, 1.54) is 10.9 Å². The van der Waals surface area contributed by atoms with Gasteiger partial charge in [-0.3, -0.25) is 4.79 Å². The van der Waals surface area contributed by atoms with Gasteiger partial charge in [0.2, 0.25) is 5.91 Å². The molecule has 0 unspecified atom stereocenters. The zero-order chi connectivity index (χ0) is 20.1. The molecule has 1 aromatic heterocycles. The number of H-pyrrole nitrogens is 1. The van der Waals surface area contributed by atoms with E-state index in [4.69, 9.17) is 0 Å². The highest BCUT2D eigenvalue weighted by molar-refractivity contribution is 5.94. The van der Waals surface area contributed by atoms with Gasteiger partial charge in [0.05, 0.1) is 11.4 Å². The minimum atomic E-state index is 0.0875. The van der Waals surface area contributed by atoms with Crippen molar-refractivity contribution in [1.29, 1.82) is 0 Å². The van der Waals surface area contributed by atoms with E-state index in [0.717, 1.165) is 62.5 Å². The van der Waals surface area contributed by atoms with Crippen molar-refractivity contribution in [2.45, 2.75) is 26.2 Å². The summed E-state index contributed by atoms with van der Waals surface area (Å²) in [5, 5.41) is 4.40. The van der Waals surface area contributed by atoms with E-state index in [9.17, 15) is 4.79 Å². The third-order valence-electron chi connectivity index (χ3n) is 5.86. The maximum absolute atomic E-state index is 12.6. The number of likely N-dealkylation sites (N-methyl/N-ethyl adjacent to an activating group) is 1. The van der Waals surface area contributed by atoms with Crippen LogP contribution in [0.4, 0.5) is 11.4 Å². The van der Waals surface area contributed by atoms with Crippen molar-refractivity contribution in [2.75, 3.05) is 42.9 Å². The second-order valence-electron chi connectivity index (χ2n) is 7.70. The number of hydrogen-bond acceptors (Lipinski definition) is 3. The number of aryl methyl sites for hydroxylation is 1. The van der Waals surface area contributed by atoms with Crippen molar-refractivity contribution in [3.05, 3.63) is 60.3 Å². The second kappa shape index (κ2) is 9.14. The molecule has 1 aliphatic heterocycles. The van der Waals surface area contributed by atoms with Gasteiger partial charge < -0.3 is 20.1 Å². The summed E-state index contributed by atoms with van der Waals surface area (Å²) in [6.45, 7) is 7.46. The molecule has 0 spiro atoms. The highest BCUT2D eigenvalue weighted by Gasteiger charge is 2.18. The molecule has 0 bridgehead atoms. The van der Waals surface area contributed by atoms with Gasteiger partial charge in [0, 0.05) is 49.7 Å². The molecule has 2 N–H and O–H groups in total. The number of aromatic amines is 1. The molecule has 2 heterocycles. The monoisotopic (exact) mass is 390 g/mol. The van der Waals surface area contributed by atoms with Gasteiger partial charge in [0.25, 0.3) is 0 Å². The fourth-order valence-corrected chi connectivity index (χ4v) is 4.15. The van der Waals surface area contributed by atoms with Crippen molar-refractivity contribution >= 4 is 28.2 Å².